The van der Waals surface area contributed by atoms with E-state index >= 15 is 0 Å². The molecule has 0 N–H and O–H groups in total. The van der Waals surface area contributed by atoms with Crippen LogP contribution in [0.2, 0.25) is 5.02 Å². The molecule has 0 saturated heterocycles. The zero-order valence-electron chi connectivity index (χ0n) is 8.55. The van der Waals surface area contributed by atoms with Crippen LogP contribution in [0.4, 0.5) is 8.78 Å². The maximum Gasteiger partial charge on any atom is 0.238 e. The molecular formula is C11H4Br2ClF2NO. The van der Waals surface area contributed by atoms with Gasteiger partial charge in [0, 0.05) is 15.1 Å². The summed E-state index contributed by atoms with van der Waals surface area (Å²) in [6, 6.07) is 3.83. The minimum Gasteiger partial charge on any atom is -0.434 e. The van der Waals surface area contributed by atoms with Gasteiger partial charge in [0.2, 0.25) is 11.7 Å². The van der Waals surface area contributed by atoms with Gasteiger partial charge in [0.05, 0.1) is 0 Å². The lowest BCUT2D eigenvalue weighted by molar-refractivity contribution is 0.405. The third kappa shape index (κ3) is 2.99. The highest BCUT2D eigenvalue weighted by Crippen LogP contribution is 2.33. The molecule has 94 valence electrons. The highest BCUT2D eigenvalue weighted by atomic mass is 79.9. The quantitative estimate of drug-likeness (QED) is 0.637. The summed E-state index contributed by atoms with van der Waals surface area (Å²) in [6.45, 7) is 0. The first kappa shape index (κ1) is 13.7. The van der Waals surface area contributed by atoms with Crippen LogP contribution in [0.15, 0.2) is 33.3 Å². The van der Waals surface area contributed by atoms with Crippen LogP contribution in [-0.2, 0) is 0 Å². The van der Waals surface area contributed by atoms with Crippen LogP contribution in [0, 0.1) is 11.6 Å². The number of pyridine rings is 1. The summed E-state index contributed by atoms with van der Waals surface area (Å²) >= 11 is 12.1. The Bertz CT molecular complexity index is 610. The molecule has 2 rings (SSSR count). The van der Waals surface area contributed by atoms with Gasteiger partial charge in [0.25, 0.3) is 0 Å². The van der Waals surface area contributed by atoms with Crippen LogP contribution in [0.3, 0.4) is 0 Å². The second-order valence-corrected chi connectivity index (χ2v) is 5.48. The van der Waals surface area contributed by atoms with Gasteiger partial charge < -0.3 is 4.74 Å². The van der Waals surface area contributed by atoms with Crippen molar-refractivity contribution in [3.05, 3.63) is 50.0 Å². The highest BCUT2D eigenvalue weighted by Gasteiger charge is 2.14. The molecule has 1 aromatic carbocycles. The summed E-state index contributed by atoms with van der Waals surface area (Å²) in [4.78, 5) is 3.87. The monoisotopic (exact) mass is 397 g/mol. The van der Waals surface area contributed by atoms with E-state index in [1.807, 2.05) is 0 Å². The van der Waals surface area contributed by atoms with Crippen molar-refractivity contribution in [1.29, 1.82) is 0 Å². The van der Waals surface area contributed by atoms with Gasteiger partial charge in [-0.3, -0.25) is 0 Å². The predicted octanol–water partition coefficient (Wildman–Crippen LogP) is 5.33. The zero-order valence-corrected chi connectivity index (χ0v) is 12.5. The number of hydrogen-bond donors (Lipinski definition) is 0. The van der Waals surface area contributed by atoms with Crippen molar-refractivity contribution in [2.75, 3.05) is 0 Å². The molecule has 2 aromatic rings. The minimum atomic E-state index is -1.10. The molecule has 1 aromatic heterocycles. The van der Waals surface area contributed by atoms with Crippen LogP contribution in [-0.4, -0.2) is 4.98 Å². The fourth-order valence-electron chi connectivity index (χ4n) is 1.19. The second kappa shape index (κ2) is 5.50. The van der Waals surface area contributed by atoms with Crippen LogP contribution < -0.4 is 4.74 Å². The topological polar surface area (TPSA) is 22.1 Å². The highest BCUT2D eigenvalue weighted by molar-refractivity contribution is 9.10. The molecule has 0 spiro atoms. The smallest absolute Gasteiger partial charge is 0.238 e. The largest absolute Gasteiger partial charge is 0.434 e. The maximum absolute atomic E-state index is 13.5. The number of ether oxygens (including phenoxy) is 1. The van der Waals surface area contributed by atoms with E-state index in [0.717, 1.165) is 6.07 Å². The first-order valence-electron chi connectivity index (χ1n) is 4.61. The van der Waals surface area contributed by atoms with Crippen molar-refractivity contribution in [1.82, 2.24) is 4.98 Å². The van der Waals surface area contributed by atoms with Gasteiger partial charge in [-0.05, 0) is 34.1 Å². The standard InChI is InChI=1S/C11H4Br2ClF2NO/c12-5-2-8(15)10(16)9(3-5)18-11-7(14)1-6(13)4-17-11/h1-4H. The first-order valence-corrected chi connectivity index (χ1v) is 6.57. The Morgan fingerprint density at radius 2 is 1.83 bits per heavy atom. The zero-order chi connectivity index (χ0) is 13.3. The lowest BCUT2D eigenvalue weighted by Crippen LogP contribution is -1.94. The van der Waals surface area contributed by atoms with Crippen LogP contribution in [0.1, 0.15) is 0 Å². The van der Waals surface area contributed by atoms with Gasteiger partial charge >= 0.3 is 0 Å². The Kier molecular flexibility index (Phi) is 4.19. The minimum absolute atomic E-state index is 0.00346. The fourth-order valence-corrected chi connectivity index (χ4v) is 2.26. The number of benzene rings is 1. The number of halogens is 5. The Morgan fingerprint density at radius 3 is 2.50 bits per heavy atom. The van der Waals surface area contributed by atoms with E-state index in [-0.39, 0.29) is 16.7 Å². The van der Waals surface area contributed by atoms with E-state index < -0.39 is 11.6 Å². The molecule has 0 aliphatic heterocycles. The molecule has 0 bridgehead atoms. The van der Waals surface area contributed by atoms with E-state index in [0.29, 0.717) is 8.95 Å². The molecule has 0 atom stereocenters. The number of nitrogens with zero attached hydrogens (tertiary/aromatic N) is 1. The van der Waals surface area contributed by atoms with E-state index in [1.165, 1.54) is 18.3 Å². The van der Waals surface area contributed by atoms with E-state index in [1.54, 1.807) is 0 Å². The van der Waals surface area contributed by atoms with E-state index in [9.17, 15) is 8.78 Å². The van der Waals surface area contributed by atoms with Crippen molar-refractivity contribution in [2.45, 2.75) is 0 Å². The molecule has 0 aliphatic carbocycles. The average molecular weight is 399 g/mol. The summed E-state index contributed by atoms with van der Waals surface area (Å²) in [6.07, 6.45) is 1.44. The molecule has 0 aliphatic rings. The third-order valence-electron chi connectivity index (χ3n) is 1.94. The molecule has 0 amide bonds. The lowest BCUT2D eigenvalue weighted by atomic mass is 10.3. The van der Waals surface area contributed by atoms with Gasteiger partial charge in [0.15, 0.2) is 11.6 Å². The summed E-state index contributed by atoms with van der Waals surface area (Å²) in [5.74, 6) is -2.42. The molecule has 0 saturated carbocycles. The second-order valence-electron chi connectivity index (χ2n) is 3.24. The molecule has 18 heavy (non-hydrogen) atoms. The van der Waals surface area contributed by atoms with Crippen LogP contribution in [0.5, 0.6) is 11.6 Å². The predicted molar refractivity (Wildman–Crippen MR) is 71.1 cm³/mol. The summed E-state index contributed by atoms with van der Waals surface area (Å²) < 4.78 is 32.8. The summed E-state index contributed by atoms with van der Waals surface area (Å²) in [7, 11) is 0. The fraction of sp³-hybridized carbons (Fsp3) is 0. The van der Waals surface area contributed by atoms with Crippen molar-refractivity contribution in [3.63, 3.8) is 0 Å². The number of aromatic nitrogens is 1. The van der Waals surface area contributed by atoms with Gasteiger partial charge in [-0.15, -0.1) is 0 Å². The molecule has 1 heterocycles. The maximum atomic E-state index is 13.5. The Balaban J connectivity index is 2.40. The molecule has 0 unspecified atom stereocenters. The molecule has 7 heteroatoms. The van der Waals surface area contributed by atoms with Gasteiger partial charge in [-0.1, -0.05) is 27.5 Å². The average Bonchev–Trinajstić information content (AvgIpc) is 2.29. The van der Waals surface area contributed by atoms with Crippen LogP contribution >= 0.6 is 43.5 Å². The van der Waals surface area contributed by atoms with Crippen molar-refractivity contribution in [2.24, 2.45) is 0 Å². The number of hydrogen-bond acceptors (Lipinski definition) is 2. The third-order valence-corrected chi connectivity index (χ3v) is 3.10. The van der Waals surface area contributed by atoms with Gasteiger partial charge in [-0.2, -0.15) is 4.39 Å². The lowest BCUT2D eigenvalue weighted by Gasteiger charge is -2.08. The van der Waals surface area contributed by atoms with E-state index in [4.69, 9.17) is 16.3 Å². The van der Waals surface area contributed by atoms with Crippen molar-refractivity contribution in [3.8, 4) is 11.6 Å². The van der Waals surface area contributed by atoms with Gasteiger partial charge in [-0.25, -0.2) is 9.37 Å². The molecule has 0 fully saturated rings. The van der Waals surface area contributed by atoms with Crippen LogP contribution in [0.25, 0.3) is 0 Å². The molecular weight excluding hydrogens is 395 g/mol. The molecule has 0 radical (unpaired) electrons. The SMILES string of the molecule is Fc1cc(Br)cc(Oc2ncc(Br)cc2Cl)c1F. The van der Waals surface area contributed by atoms with Crippen molar-refractivity contribution < 1.29 is 13.5 Å². The Labute approximate surface area is 123 Å². The van der Waals surface area contributed by atoms with E-state index in [2.05, 4.69) is 36.8 Å². The Hall–Kier alpha value is -0.720. The molecule has 2 nitrogen and oxygen atoms in total. The first-order chi connectivity index (χ1) is 8.47. The number of rotatable bonds is 2. The Morgan fingerprint density at radius 1 is 1.11 bits per heavy atom. The van der Waals surface area contributed by atoms with Crippen molar-refractivity contribution >= 4 is 43.5 Å². The van der Waals surface area contributed by atoms with Gasteiger partial charge in [0.1, 0.15) is 5.02 Å². The summed E-state index contributed by atoms with van der Waals surface area (Å²) in [5.41, 5.74) is 0. The normalized spacial score (nSPS) is 10.5. The summed E-state index contributed by atoms with van der Waals surface area (Å²) in [5, 5.41) is 0.184.